The van der Waals surface area contributed by atoms with Gasteiger partial charge >= 0.3 is 0 Å². The average Bonchev–Trinajstić information content (AvgIpc) is 2.92. The summed E-state index contributed by atoms with van der Waals surface area (Å²) in [6, 6.07) is 20.5. The third-order valence-electron chi connectivity index (χ3n) is 4.32. The lowest BCUT2D eigenvalue weighted by Gasteiger charge is -2.18. The van der Waals surface area contributed by atoms with E-state index in [4.69, 9.17) is 0 Å². The normalized spacial score (nSPS) is 18.4. The Morgan fingerprint density at radius 1 is 1.05 bits per heavy atom. The minimum absolute atomic E-state index is 0.483. The molecule has 0 saturated carbocycles. The van der Waals surface area contributed by atoms with Crippen LogP contribution < -0.4 is 10.6 Å². The van der Waals surface area contributed by atoms with Crippen LogP contribution in [0, 0.1) is 0 Å². The van der Waals surface area contributed by atoms with Gasteiger partial charge in [0.1, 0.15) is 0 Å². The Balaban J connectivity index is 1.44. The quantitative estimate of drug-likeness (QED) is 0.792. The van der Waals surface area contributed by atoms with Crippen molar-refractivity contribution in [1.29, 1.82) is 0 Å². The summed E-state index contributed by atoms with van der Waals surface area (Å²) < 4.78 is 0. The minimum Gasteiger partial charge on any atom is -0.302 e. The van der Waals surface area contributed by atoms with Crippen LogP contribution in [0.5, 0.6) is 0 Å². The molecule has 2 unspecified atom stereocenters. The highest BCUT2D eigenvalue weighted by Crippen LogP contribution is 2.30. The second-order valence-electron chi connectivity index (χ2n) is 5.97. The van der Waals surface area contributed by atoms with E-state index in [1.807, 2.05) is 0 Å². The zero-order valence-electron chi connectivity index (χ0n) is 12.7. The Bertz CT molecular complexity index is 565. The highest BCUT2D eigenvalue weighted by Gasteiger charge is 2.20. The van der Waals surface area contributed by atoms with Gasteiger partial charge in [-0.1, -0.05) is 54.6 Å². The second-order valence-corrected chi connectivity index (χ2v) is 5.97. The Kier molecular flexibility index (Phi) is 4.69. The molecule has 2 nitrogen and oxygen atoms in total. The molecule has 21 heavy (non-hydrogen) atoms. The largest absolute Gasteiger partial charge is 0.302 e. The van der Waals surface area contributed by atoms with Gasteiger partial charge in [-0.2, -0.15) is 0 Å². The number of benzene rings is 2. The summed E-state index contributed by atoms with van der Waals surface area (Å²) in [5.41, 5.74) is 4.38. The van der Waals surface area contributed by atoms with Crippen LogP contribution in [-0.2, 0) is 12.8 Å². The number of hydrogen-bond acceptors (Lipinski definition) is 2. The lowest BCUT2D eigenvalue weighted by Crippen LogP contribution is -2.37. The van der Waals surface area contributed by atoms with Crippen LogP contribution in [0.25, 0.3) is 0 Å². The molecule has 2 aromatic carbocycles. The summed E-state index contributed by atoms with van der Waals surface area (Å²) in [4.78, 5) is 0. The molecule has 0 spiro atoms. The predicted octanol–water partition coefficient (Wildman–Crippen LogP) is 3.44. The molecule has 1 aliphatic carbocycles. The van der Waals surface area contributed by atoms with Crippen LogP contribution in [0.2, 0.25) is 0 Å². The maximum Gasteiger partial charge on any atom is 0.0461 e. The van der Waals surface area contributed by atoms with Crippen LogP contribution in [0.3, 0.4) is 0 Å². The van der Waals surface area contributed by atoms with Crippen molar-refractivity contribution in [3.63, 3.8) is 0 Å². The fourth-order valence-electron chi connectivity index (χ4n) is 3.17. The van der Waals surface area contributed by atoms with Crippen LogP contribution in [0.15, 0.2) is 54.6 Å². The topological polar surface area (TPSA) is 24.1 Å². The molecule has 0 bridgehead atoms. The maximum atomic E-state index is 3.64. The number of nitrogens with one attached hydrogen (secondary N) is 2. The zero-order valence-corrected chi connectivity index (χ0v) is 12.7. The minimum atomic E-state index is 0.483. The first-order chi connectivity index (χ1) is 10.3. The number of fused-ring (bicyclic) bond motifs is 1. The van der Waals surface area contributed by atoms with Gasteiger partial charge in [0.05, 0.1) is 0 Å². The number of rotatable bonds is 6. The smallest absolute Gasteiger partial charge is 0.0461 e. The molecule has 0 amide bonds. The monoisotopic (exact) mass is 280 g/mol. The summed E-state index contributed by atoms with van der Waals surface area (Å²) in [5, 5.41) is 7.22. The molecule has 0 saturated heterocycles. The van der Waals surface area contributed by atoms with Crippen LogP contribution in [-0.4, -0.2) is 12.7 Å². The Morgan fingerprint density at radius 3 is 2.67 bits per heavy atom. The van der Waals surface area contributed by atoms with Crippen molar-refractivity contribution in [3.05, 3.63) is 71.3 Å². The van der Waals surface area contributed by atoms with E-state index in [0.717, 1.165) is 13.1 Å². The first-order valence-electron chi connectivity index (χ1n) is 7.91. The maximum absolute atomic E-state index is 3.64. The highest BCUT2D eigenvalue weighted by atomic mass is 15.1. The van der Waals surface area contributed by atoms with E-state index in [1.54, 1.807) is 0 Å². The first kappa shape index (κ1) is 14.3. The molecule has 2 N–H and O–H groups in total. The van der Waals surface area contributed by atoms with Gasteiger partial charge in [-0.25, -0.2) is 0 Å². The standard InChI is InChI=1S/C19H24N2/c1-15(13-16-7-3-2-4-8-16)20-14-21-19-12-11-17-9-5-6-10-18(17)19/h2-10,15,19-21H,11-14H2,1H3. The van der Waals surface area contributed by atoms with Crippen molar-refractivity contribution in [2.45, 2.75) is 38.3 Å². The van der Waals surface area contributed by atoms with Crippen LogP contribution in [0.4, 0.5) is 0 Å². The zero-order chi connectivity index (χ0) is 14.5. The fourth-order valence-corrected chi connectivity index (χ4v) is 3.17. The van der Waals surface area contributed by atoms with Gasteiger partial charge in [0.25, 0.3) is 0 Å². The van der Waals surface area contributed by atoms with E-state index >= 15 is 0 Å². The van der Waals surface area contributed by atoms with E-state index in [1.165, 1.54) is 29.5 Å². The van der Waals surface area contributed by atoms with Crippen molar-refractivity contribution >= 4 is 0 Å². The summed E-state index contributed by atoms with van der Waals surface area (Å²) >= 11 is 0. The van der Waals surface area contributed by atoms with E-state index in [-0.39, 0.29) is 0 Å². The molecule has 2 aromatic rings. The molecule has 2 atom stereocenters. The first-order valence-corrected chi connectivity index (χ1v) is 7.91. The molecule has 0 radical (unpaired) electrons. The van der Waals surface area contributed by atoms with Crippen molar-refractivity contribution < 1.29 is 0 Å². The van der Waals surface area contributed by atoms with Gasteiger partial charge in [-0.15, -0.1) is 0 Å². The molecule has 3 rings (SSSR count). The predicted molar refractivity (Wildman–Crippen MR) is 88.3 cm³/mol. The SMILES string of the molecule is CC(Cc1ccccc1)NCNC1CCc2ccccc21. The molecule has 0 fully saturated rings. The second kappa shape index (κ2) is 6.88. The Hall–Kier alpha value is -1.64. The summed E-state index contributed by atoms with van der Waals surface area (Å²) in [6.45, 7) is 3.12. The lowest BCUT2D eigenvalue weighted by molar-refractivity contribution is 0.448. The van der Waals surface area contributed by atoms with Gasteiger partial charge in [0.15, 0.2) is 0 Å². The third-order valence-corrected chi connectivity index (χ3v) is 4.32. The molecular weight excluding hydrogens is 256 g/mol. The van der Waals surface area contributed by atoms with Crippen LogP contribution in [0.1, 0.15) is 36.1 Å². The van der Waals surface area contributed by atoms with Crippen molar-refractivity contribution in [2.75, 3.05) is 6.67 Å². The van der Waals surface area contributed by atoms with Crippen molar-refractivity contribution in [1.82, 2.24) is 10.6 Å². The average molecular weight is 280 g/mol. The summed E-state index contributed by atoms with van der Waals surface area (Å²) in [6.07, 6.45) is 3.49. The summed E-state index contributed by atoms with van der Waals surface area (Å²) in [5.74, 6) is 0. The van der Waals surface area contributed by atoms with Gasteiger partial charge in [-0.05, 0) is 42.9 Å². The molecule has 2 heteroatoms. The number of aryl methyl sites for hydroxylation is 1. The highest BCUT2D eigenvalue weighted by molar-refractivity contribution is 5.34. The van der Waals surface area contributed by atoms with Gasteiger partial charge < -0.3 is 5.32 Å². The van der Waals surface area contributed by atoms with Gasteiger partial charge in [-0.3, -0.25) is 5.32 Å². The van der Waals surface area contributed by atoms with Crippen molar-refractivity contribution in [3.8, 4) is 0 Å². The molecule has 0 aromatic heterocycles. The summed E-state index contributed by atoms with van der Waals surface area (Å²) in [7, 11) is 0. The molecule has 0 heterocycles. The fraction of sp³-hybridized carbons (Fsp3) is 0.368. The van der Waals surface area contributed by atoms with E-state index in [9.17, 15) is 0 Å². The third kappa shape index (κ3) is 3.72. The molecule has 1 aliphatic rings. The van der Waals surface area contributed by atoms with Crippen LogP contribution >= 0.6 is 0 Å². The molecule has 0 aliphatic heterocycles. The van der Waals surface area contributed by atoms with Gasteiger partial charge in [0.2, 0.25) is 0 Å². The van der Waals surface area contributed by atoms with E-state index < -0.39 is 0 Å². The number of hydrogen-bond donors (Lipinski definition) is 2. The van der Waals surface area contributed by atoms with E-state index in [2.05, 4.69) is 72.2 Å². The van der Waals surface area contributed by atoms with Gasteiger partial charge in [0, 0.05) is 18.8 Å². The lowest BCUT2D eigenvalue weighted by atomic mass is 10.1. The molecule has 110 valence electrons. The van der Waals surface area contributed by atoms with E-state index in [0.29, 0.717) is 12.1 Å². The Labute approximate surface area is 127 Å². The molecular formula is C19H24N2. The van der Waals surface area contributed by atoms with Crippen molar-refractivity contribution in [2.24, 2.45) is 0 Å². The Morgan fingerprint density at radius 2 is 1.81 bits per heavy atom.